The van der Waals surface area contributed by atoms with Crippen molar-refractivity contribution in [1.29, 1.82) is 0 Å². The maximum atomic E-state index is 12.2. The summed E-state index contributed by atoms with van der Waals surface area (Å²) in [4.78, 5) is 12.2. The van der Waals surface area contributed by atoms with Crippen molar-refractivity contribution < 1.29 is 9.53 Å². The summed E-state index contributed by atoms with van der Waals surface area (Å²) in [5.41, 5.74) is 2.11. The van der Waals surface area contributed by atoms with Crippen LogP contribution >= 0.6 is 0 Å². The molecule has 4 aliphatic rings. The minimum Gasteiger partial charge on any atom is -0.501 e. The van der Waals surface area contributed by atoms with E-state index in [1.54, 1.807) is 7.11 Å². The number of carbonyl (C=O) groups excluding carboxylic acids is 1. The lowest BCUT2D eigenvalue weighted by Gasteiger charge is -2.56. The van der Waals surface area contributed by atoms with Crippen molar-refractivity contribution in [3.05, 3.63) is 23.5 Å². The van der Waals surface area contributed by atoms with Crippen molar-refractivity contribution in [3.63, 3.8) is 0 Å². The Bertz CT molecular complexity index is 615. The van der Waals surface area contributed by atoms with E-state index in [0.717, 1.165) is 36.4 Å². The first kappa shape index (κ1) is 16.4. The topological polar surface area (TPSA) is 26.3 Å². The molecule has 4 aliphatic carbocycles. The summed E-state index contributed by atoms with van der Waals surface area (Å²) in [7, 11) is 1.80. The third-order valence-electron chi connectivity index (χ3n) is 8.49. The van der Waals surface area contributed by atoms with Crippen LogP contribution in [0.4, 0.5) is 0 Å². The third kappa shape index (κ3) is 2.10. The Hall–Kier alpha value is -1.05. The Morgan fingerprint density at radius 1 is 1.17 bits per heavy atom. The van der Waals surface area contributed by atoms with Crippen LogP contribution in [0.1, 0.15) is 65.7 Å². The second-order valence-corrected chi connectivity index (χ2v) is 9.29. The number of ether oxygens (including phenoxy) is 1. The van der Waals surface area contributed by atoms with Gasteiger partial charge < -0.3 is 4.74 Å². The van der Waals surface area contributed by atoms with Gasteiger partial charge in [0.2, 0.25) is 0 Å². The maximum Gasteiger partial charge on any atom is 0.133 e. The van der Waals surface area contributed by atoms with Crippen molar-refractivity contribution in [3.8, 4) is 0 Å². The van der Waals surface area contributed by atoms with Gasteiger partial charge in [-0.15, -0.1) is 0 Å². The van der Waals surface area contributed by atoms with Gasteiger partial charge in [-0.05, 0) is 85.7 Å². The van der Waals surface area contributed by atoms with Crippen LogP contribution < -0.4 is 0 Å². The molecule has 0 aromatic heterocycles. The number of fused-ring (bicyclic) bond motifs is 5. The second kappa shape index (κ2) is 5.47. The molecule has 0 bridgehead atoms. The first-order chi connectivity index (χ1) is 11.4. The first-order valence-corrected chi connectivity index (χ1v) is 9.86. The summed E-state index contributed by atoms with van der Waals surface area (Å²) >= 11 is 0. The van der Waals surface area contributed by atoms with E-state index >= 15 is 0 Å². The van der Waals surface area contributed by atoms with Crippen molar-refractivity contribution in [1.82, 2.24) is 0 Å². The Morgan fingerprint density at radius 2 is 1.96 bits per heavy atom. The number of ketones is 1. The second-order valence-electron chi connectivity index (χ2n) is 9.29. The van der Waals surface area contributed by atoms with Gasteiger partial charge in [-0.2, -0.15) is 0 Å². The van der Waals surface area contributed by atoms with Crippen molar-refractivity contribution in [2.24, 2.45) is 34.5 Å². The molecule has 2 nitrogen and oxygen atoms in total. The zero-order chi connectivity index (χ0) is 17.1. The van der Waals surface area contributed by atoms with E-state index in [-0.39, 0.29) is 5.41 Å². The van der Waals surface area contributed by atoms with E-state index in [4.69, 9.17) is 4.74 Å². The van der Waals surface area contributed by atoms with Gasteiger partial charge in [0.05, 0.1) is 12.9 Å². The van der Waals surface area contributed by atoms with E-state index in [1.807, 2.05) is 6.92 Å². The van der Waals surface area contributed by atoms with Gasteiger partial charge in [-0.25, -0.2) is 0 Å². The van der Waals surface area contributed by atoms with Gasteiger partial charge in [0, 0.05) is 12.3 Å². The molecule has 6 atom stereocenters. The molecule has 0 saturated heterocycles. The van der Waals surface area contributed by atoms with Crippen LogP contribution in [0.15, 0.2) is 23.5 Å². The van der Waals surface area contributed by atoms with Crippen molar-refractivity contribution in [2.45, 2.75) is 65.7 Å². The Labute approximate surface area is 146 Å². The summed E-state index contributed by atoms with van der Waals surface area (Å²) in [5, 5.41) is 0. The zero-order valence-corrected chi connectivity index (χ0v) is 15.7. The van der Waals surface area contributed by atoms with Gasteiger partial charge in [0.25, 0.3) is 0 Å². The number of carbonyl (C=O) groups is 1. The van der Waals surface area contributed by atoms with Gasteiger partial charge in [-0.3, -0.25) is 4.79 Å². The lowest BCUT2D eigenvalue weighted by molar-refractivity contribution is -0.127. The minimum absolute atomic E-state index is 0.261. The van der Waals surface area contributed by atoms with Crippen LogP contribution in [0, 0.1) is 34.5 Å². The van der Waals surface area contributed by atoms with Gasteiger partial charge in [-0.1, -0.05) is 19.9 Å². The molecule has 2 heteroatoms. The van der Waals surface area contributed by atoms with Crippen LogP contribution in [0.2, 0.25) is 0 Å². The van der Waals surface area contributed by atoms with Crippen LogP contribution in [0.5, 0.6) is 0 Å². The highest BCUT2D eigenvalue weighted by Gasteiger charge is 2.58. The SMILES string of the molecule is COC1=CC2=CC[C@@H]3[C@H]4CC[C@@H](C(C)=O)[C@]4(C)CC[C@H]3[C@@]2(C)CC1. The number of allylic oxidation sites excluding steroid dienone is 4. The Kier molecular flexibility index (Phi) is 3.75. The summed E-state index contributed by atoms with van der Waals surface area (Å²) < 4.78 is 5.53. The van der Waals surface area contributed by atoms with Crippen LogP contribution in [-0.4, -0.2) is 12.9 Å². The van der Waals surface area contributed by atoms with E-state index in [0.29, 0.717) is 17.1 Å². The Balaban J connectivity index is 1.68. The molecule has 2 fully saturated rings. The predicted molar refractivity (Wildman–Crippen MR) is 96.3 cm³/mol. The molecule has 0 radical (unpaired) electrons. The molecule has 0 unspecified atom stereocenters. The molecule has 0 N–H and O–H groups in total. The number of rotatable bonds is 2. The fourth-order valence-corrected chi connectivity index (χ4v) is 7.13. The molecule has 0 spiro atoms. The smallest absolute Gasteiger partial charge is 0.133 e. The van der Waals surface area contributed by atoms with Gasteiger partial charge in [0.15, 0.2) is 0 Å². The molecule has 2 saturated carbocycles. The monoisotopic (exact) mass is 328 g/mol. The van der Waals surface area contributed by atoms with Gasteiger partial charge >= 0.3 is 0 Å². The quantitative estimate of drug-likeness (QED) is 0.688. The number of hydrogen-bond donors (Lipinski definition) is 0. The van der Waals surface area contributed by atoms with Crippen molar-refractivity contribution in [2.75, 3.05) is 7.11 Å². The molecular formula is C22H32O2. The largest absolute Gasteiger partial charge is 0.501 e. The standard InChI is InChI=1S/C22H32O2/c1-14(23)18-7-8-19-17-6-5-15-13-16(24-4)9-11-21(15,2)20(17)10-12-22(18,19)3/h5,13,17-20H,6-12H2,1-4H3/t17-,18+,19-,20-,21+,22+/m1/s1. The van der Waals surface area contributed by atoms with Crippen LogP contribution in [0.3, 0.4) is 0 Å². The van der Waals surface area contributed by atoms with E-state index in [1.165, 1.54) is 37.7 Å². The number of Topliss-reactive ketones (excluding diaryl/α,β-unsaturated/α-hetero) is 1. The minimum atomic E-state index is 0.261. The predicted octanol–water partition coefficient (Wildman–Crippen LogP) is 5.29. The number of hydrogen-bond acceptors (Lipinski definition) is 2. The lowest BCUT2D eigenvalue weighted by atomic mass is 9.48. The summed E-state index contributed by atoms with van der Waals surface area (Å²) in [6.07, 6.45) is 13.3. The van der Waals surface area contributed by atoms with Crippen molar-refractivity contribution >= 4 is 5.78 Å². The molecule has 0 heterocycles. The summed E-state index contributed by atoms with van der Waals surface area (Å²) in [5.74, 6) is 4.20. The molecule has 0 aromatic carbocycles. The fourth-order valence-electron chi connectivity index (χ4n) is 7.13. The molecule has 4 rings (SSSR count). The molecule has 0 aromatic rings. The summed E-state index contributed by atoms with van der Waals surface area (Å²) in [6, 6.07) is 0. The van der Waals surface area contributed by atoms with E-state index < -0.39 is 0 Å². The average Bonchev–Trinajstić information content (AvgIpc) is 2.91. The lowest BCUT2D eigenvalue weighted by Crippen LogP contribution is -2.49. The molecule has 0 aliphatic heterocycles. The number of methoxy groups -OCH3 is 1. The molecular weight excluding hydrogens is 296 g/mol. The van der Waals surface area contributed by atoms with E-state index in [9.17, 15) is 4.79 Å². The molecule has 0 amide bonds. The van der Waals surface area contributed by atoms with Crippen LogP contribution in [0.25, 0.3) is 0 Å². The Morgan fingerprint density at radius 3 is 2.67 bits per heavy atom. The molecule has 24 heavy (non-hydrogen) atoms. The first-order valence-electron chi connectivity index (χ1n) is 9.86. The average molecular weight is 328 g/mol. The van der Waals surface area contributed by atoms with E-state index in [2.05, 4.69) is 26.0 Å². The van der Waals surface area contributed by atoms with Gasteiger partial charge in [0.1, 0.15) is 5.78 Å². The normalized spacial score (nSPS) is 47.0. The fraction of sp³-hybridized carbons (Fsp3) is 0.773. The zero-order valence-electron chi connectivity index (χ0n) is 15.7. The highest BCUT2D eigenvalue weighted by molar-refractivity contribution is 5.79. The third-order valence-corrected chi connectivity index (χ3v) is 8.49. The highest BCUT2D eigenvalue weighted by atomic mass is 16.5. The summed E-state index contributed by atoms with van der Waals surface area (Å²) in [6.45, 7) is 6.75. The van der Waals surface area contributed by atoms with Crippen LogP contribution in [-0.2, 0) is 9.53 Å². The molecule has 132 valence electrons. The maximum absolute atomic E-state index is 12.2. The highest BCUT2D eigenvalue weighted by Crippen LogP contribution is 2.66.